The number of aliphatic hydroxyl groups is 2. The first kappa shape index (κ1) is 15.1. The van der Waals surface area contributed by atoms with Crippen LogP contribution in [0.3, 0.4) is 0 Å². The van der Waals surface area contributed by atoms with Gasteiger partial charge in [0.1, 0.15) is 5.78 Å². The molecule has 0 aliphatic heterocycles. The van der Waals surface area contributed by atoms with Crippen molar-refractivity contribution in [1.82, 2.24) is 0 Å². The number of rotatable bonds is 0. The van der Waals surface area contributed by atoms with Crippen molar-refractivity contribution in [3.05, 3.63) is 0 Å². The summed E-state index contributed by atoms with van der Waals surface area (Å²) in [4.78, 5) is 12.4. The molecule has 22 heavy (non-hydrogen) atoms. The van der Waals surface area contributed by atoms with Crippen LogP contribution in [0.5, 0.6) is 0 Å². The number of hydrogen-bond donors (Lipinski definition) is 2. The molecule has 8 unspecified atom stereocenters. The first-order valence-corrected chi connectivity index (χ1v) is 9.25. The lowest BCUT2D eigenvalue weighted by Crippen LogP contribution is -2.56. The third kappa shape index (κ3) is 1.84. The number of carbonyl (C=O) groups is 1. The van der Waals surface area contributed by atoms with Gasteiger partial charge in [-0.2, -0.15) is 0 Å². The van der Waals surface area contributed by atoms with E-state index in [-0.39, 0.29) is 10.8 Å². The third-order valence-electron chi connectivity index (χ3n) is 8.39. The number of ketones is 1. The van der Waals surface area contributed by atoms with Gasteiger partial charge in [-0.15, -0.1) is 0 Å². The molecule has 0 aromatic heterocycles. The zero-order chi connectivity index (χ0) is 15.7. The molecular weight excluding hydrogens is 276 g/mol. The highest BCUT2D eigenvalue weighted by Crippen LogP contribution is 2.65. The molecule has 0 aromatic rings. The Hall–Kier alpha value is -0.410. The van der Waals surface area contributed by atoms with E-state index >= 15 is 0 Å². The second-order valence-corrected chi connectivity index (χ2v) is 9.15. The fraction of sp³-hybridized carbons (Fsp3) is 0.947. The molecule has 4 saturated carbocycles. The summed E-state index contributed by atoms with van der Waals surface area (Å²) in [7, 11) is 0. The second-order valence-electron chi connectivity index (χ2n) is 9.15. The van der Waals surface area contributed by atoms with E-state index in [9.17, 15) is 15.0 Å². The fourth-order valence-corrected chi connectivity index (χ4v) is 7.05. The second kappa shape index (κ2) is 4.80. The molecule has 4 fully saturated rings. The molecule has 4 aliphatic rings. The Kier molecular flexibility index (Phi) is 3.30. The first-order valence-electron chi connectivity index (χ1n) is 9.25. The largest absolute Gasteiger partial charge is 0.390 e. The number of fused-ring (bicyclic) bond motifs is 5. The highest BCUT2D eigenvalue weighted by atomic mass is 16.3. The predicted octanol–water partition coefficient (Wildman–Crippen LogP) is 2.93. The quantitative estimate of drug-likeness (QED) is 0.723. The molecule has 0 radical (unpaired) electrons. The van der Waals surface area contributed by atoms with E-state index in [2.05, 4.69) is 13.8 Å². The van der Waals surface area contributed by atoms with Crippen molar-refractivity contribution in [3.63, 3.8) is 0 Å². The molecule has 8 atom stereocenters. The van der Waals surface area contributed by atoms with Crippen LogP contribution in [-0.4, -0.2) is 28.2 Å². The van der Waals surface area contributed by atoms with Crippen LogP contribution in [0.15, 0.2) is 0 Å². The van der Waals surface area contributed by atoms with Crippen molar-refractivity contribution in [2.45, 2.75) is 77.4 Å². The lowest BCUT2D eigenvalue weighted by Gasteiger charge is -2.60. The fourth-order valence-electron chi connectivity index (χ4n) is 7.05. The summed E-state index contributed by atoms with van der Waals surface area (Å²) in [5, 5.41) is 20.3. The minimum Gasteiger partial charge on any atom is -0.390 e. The Balaban J connectivity index is 1.65. The number of hydrogen-bond acceptors (Lipinski definition) is 3. The van der Waals surface area contributed by atoms with Gasteiger partial charge in [-0.25, -0.2) is 0 Å². The maximum Gasteiger partial charge on any atom is 0.139 e. The standard InChI is InChI=1S/C19H30O3/c1-18-8-7-14-12(13(18)5-6-17(18)22)4-3-11-9-15(20)16(21)10-19(11,14)2/h11-16,20-21H,3-10H2,1-2H3. The third-order valence-corrected chi connectivity index (χ3v) is 8.39. The molecule has 3 heteroatoms. The van der Waals surface area contributed by atoms with Crippen LogP contribution in [-0.2, 0) is 4.79 Å². The average molecular weight is 306 g/mol. The van der Waals surface area contributed by atoms with Crippen LogP contribution >= 0.6 is 0 Å². The zero-order valence-electron chi connectivity index (χ0n) is 13.9. The van der Waals surface area contributed by atoms with Crippen LogP contribution in [0.4, 0.5) is 0 Å². The van der Waals surface area contributed by atoms with Crippen molar-refractivity contribution in [2.75, 3.05) is 0 Å². The van der Waals surface area contributed by atoms with E-state index in [0.717, 1.165) is 38.5 Å². The maximum atomic E-state index is 12.4. The number of aliphatic hydroxyl groups excluding tert-OH is 2. The molecule has 2 N–H and O–H groups in total. The van der Waals surface area contributed by atoms with Gasteiger partial charge in [0.05, 0.1) is 12.2 Å². The Labute approximate surface area is 133 Å². The van der Waals surface area contributed by atoms with E-state index in [1.807, 2.05) is 0 Å². The van der Waals surface area contributed by atoms with E-state index < -0.39 is 12.2 Å². The van der Waals surface area contributed by atoms with E-state index in [4.69, 9.17) is 0 Å². The minimum absolute atomic E-state index is 0.0584. The van der Waals surface area contributed by atoms with Crippen LogP contribution in [0.2, 0.25) is 0 Å². The number of carbonyl (C=O) groups excluding carboxylic acids is 1. The van der Waals surface area contributed by atoms with Crippen LogP contribution in [0.25, 0.3) is 0 Å². The van der Waals surface area contributed by atoms with Gasteiger partial charge >= 0.3 is 0 Å². The van der Waals surface area contributed by atoms with Gasteiger partial charge in [0.25, 0.3) is 0 Å². The van der Waals surface area contributed by atoms with E-state index in [1.54, 1.807) is 0 Å². The van der Waals surface area contributed by atoms with Crippen LogP contribution < -0.4 is 0 Å². The van der Waals surface area contributed by atoms with Gasteiger partial charge in [-0.05, 0) is 74.0 Å². The Bertz CT molecular complexity index is 489. The molecule has 124 valence electrons. The van der Waals surface area contributed by atoms with Gasteiger partial charge in [0.15, 0.2) is 0 Å². The summed E-state index contributed by atoms with van der Waals surface area (Å²) < 4.78 is 0. The summed E-state index contributed by atoms with van der Waals surface area (Å²) in [6.45, 7) is 4.58. The maximum absolute atomic E-state index is 12.4. The monoisotopic (exact) mass is 306 g/mol. The summed E-state index contributed by atoms with van der Waals surface area (Å²) in [5.41, 5.74) is 0.103. The Morgan fingerprint density at radius 2 is 1.77 bits per heavy atom. The van der Waals surface area contributed by atoms with Gasteiger partial charge < -0.3 is 10.2 Å². The lowest BCUT2D eigenvalue weighted by atomic mass is 9.45. The first-order chi connectivity index (χ1) is 10.4. The molecule has 0 heterocycles. The van der Waals surface area contributed by atoms with Crippen molar-refractivity contribution in [3.8, 4) is 0 Å². The molecule has 3 nitrogen and oxygen atoms in total. The minimum atomic E-state index is -0.557. The van der Waals surface area contributed by atoms with Gasteiger partial charge in [-0.1, -0.05) is 13.8 Å². The van der Waals surface area contributed by atoms with Crippen molar-refractivity contribution in [2.24, 2.45) is 34.5 Å². The van der Waals surface area contributed by atoms with Gasteiger partial charge in [0, 0.05) is 11.8 Å². The summed E-state index contributed by atoms with van der Waals surface area (Å²) >= 11 is 0. The van der Waals surface area contributed by atoms with Crippen molar-refractivity contribution in [1.29, 1.82) is 0 Å². The summed E-state index contributed by atoms with van der Waals surface area (Å²) in [6.07, 6.45) is 6.87. The number of Topliss-reactive ketones (excluding diaryl/α,β-unsaturated/α-hetero) is 1. The molecule has 0 bridgehead atoms. The van der Waals surface area contributed by atoms with Gasteiger partial charge in [0.2, 0.25) is 0 Å². The topological polar surface area (TPSA) is 57.5 Å². The Morgan fingerprint density at radius 3 is 2.55 bits per heavy atom. The lowest BCUT2D eigenvalue weighted by molar-refractivity contribution is -0.160. The summed E-state index contributed by atoms with van der Waals surface area (Å²) in [6, 6.07) is 0. The molecule has 0 saturated heterocycles. The molecule has 0 aromatic carbocycles. The van der Waals surface area contributed by atoms with Crippen molar-refractivity contribution < 1.29 is 15.0 Å². The molecular formula is C19H30O3. The SMILES string of the molecule is CC12CCC3C(CCC4CC(O)C(O)CC43C)C1CCC2=O. The molecule has 0 amide bonds. The molecule has 4 rings (SSSR count). The van der Waals surface area contributed by atoms with Gasteiger partial charge in [-0.3, -0.25) is 4.79 Å². The Morgan fingerprint density at radius 1 is 1.00 bits per heavy atom. The van der Waals surface area contributed by atoms with E-state index in [1.165, 1.54) is 12.8 Å². The summed E-state index contributed by atoms with van der Waals surface area (Å²) in [5.74, 6) is 2.92. The average Bonchev–Trinajstić information content (AvgIpc) is 2.77. The normalized spacial score (nSPS) is 57.9. The van der Waals surface area contributed by atoms with Crippen LogP contribution in [0, 0.1) is 34.5 Å². The zero-order valence-corrected chi connectivity index (χ0v) is 13.9. The highest BCUT2D eigenvalue weighted by Gasteiger charge is 2.60. The molecule has 4 aliphatic carbocycles. The molecule has 0 spiro atoms. The highest BCUT2D eigenvalue weighted by molar-refractivity contribution is 5.87. The van der Waals surface area contributed by atoms with Crippen LogP contribution in [0.1, 0.15) is 65.2 Å². The van der Waals surface area contributed by atoms with E-state index in [0.29, 0.717) is 29.5 Å². The van der Waals surface area contributed by atoms with Crippen molar-refractivity contribution >= 4 is 5.78 Å². The predicted molar refractivity (Wildman–Crippen MR) is 84.1 cm³/mol. The smallest absolute Gasteiger partial charge is 0.139 e.